The second-order valence-corrected chi connectivity index (χ2v) is 8.21. The molecular formula is C18H29ClO4S. The van der Waals surface area contributed by atoms with E-state index in [4.69, 9.17) is 20.5 Å². The Morgan fingerprint density at radius 3 is 2.50 bits per heavy atom. The highest BCUT2D eigenvalue weighted by atomic mass is 35.5. The lowest BCUT2D eigenvalue weighted by molar-refractivity contribution is -0.00712. The summed E-state index contributed by atoms with van der Waals surface area (Å²) >= 11 is 6.17. The van der Waals surface area contributed by atoms with Crippen LogP contribution in [0, 0.1) is 12.8 Å². The Morgan fingerprint density at radius 1 is 1.21 bits per heavy atom. The molecule has 0 amide bonds. The van der Waals surface area contributed by atoms with E-state index in [-0.39, 0.29) is 19.3 Å². The van der Waals surface area contributed by atoms with Gasteiger partial charge >= 0.3 is 0 Å². The van der Waals surface area contributed by atoms with Crippen LogP contribution in [0.3, 0.4) is 0 Å². The van der Waals surface area contributed by atoms with E-state index in [9.17, 15) is 8.42 Å². The number of hydrogen-bond acceptors (Lipinski definition) is 4. The van der Waals surface area contributed by atoms with Crippen molar-refractivity contribution in [2.45, 2.75) is 52.6 Å². The first-order valence-electron chi connectivity index (χ1n) is 8.50. The van der Waals surface area contributed by atoms with Crippen LogP contribution in [0.25, 0.3) is 0 Å². The maximum absolute atomic E-state index is 11.1. The zero-order valence-corrected chi connectivity index (χ0v) is 16.6. The molecule has 0 unspecified atom stereocenters. The van der Waals surface area contributed by atoms with Crippen LogP contribution in [0.4, 0.5) is 0 Å². The quantitative estimate of drug-likeness (QED) is 0.407. The molecule has 1 rings (SSSR count). The SMILES string of the molecule is CCCC[C@H](CC)[C@@H](OCCOS(C)(=O)=O)c1cc(Cl)ccc1C. The first-order valence-corrected chi connectivity index (χ1v) is 10.7. The molecule has 0 heterocycles. The van der Waals surface area contributed by atoms with Gasteiger partial charge in [-0.1, -0.05) is 50.8 Å². The second-order valence-electron chi connectivity index (χ2n) is 6.13. The molecule has 2 atom stereocenters. The second kappa shape index (κ2) is 10.4. The minimum absolute atomic E-state index is 0.0269. The fourth-order valence-electron chi connectivity index (χ4n) is 2.79. The molecule has 0 saturated carbocycles. The predicted octanol–water partition coefficient (Wildman–Crippen LogP) is 4.90. The first kappa shape index (κ1) is 21.4. The van der Waals surface area contributed by atoms with E-state index in [0.29, 0.717) is 10.9 Å². The van der Waals surface area contributed by atoms with E-state index in [1.54, 1.807) is 0 Å². The van der Waals surface area contributed by atoms with Gasteiger partial charge in [-0.15, -0.1) is 0 Å². The first-order chi connectivity index (χ1) is 11.3. The number of unbranched alkanes of at least 4 members (excludes halogenated alkanes) is 1. The Hall–Kier alpha value is -0.620. The van der Waals surface area contributed by atoms with Crippen molar-refractivity contribution in [3.8, 4) is 0 Å². The highest BCUT2D eigenvalue weighted by Crippen LogP contribution is 2.35. The average molecular weight is 377 g/mol. The van der Waals surface area contributed by atoms with E-state index in [1.807, 2.05) is 25.1 Å². The fraction of sp³-hybridized carbons (Fsp3) is 0.667. The topological polar surface area (TPSA) is 52.6 Å². The van der Waals surface area contributed by atoms with Crippen LogP contribution < -0.4 is 0 Å². The highest BCUT2D eigenvalue weighted by Gasteiger charge is 2.24. The standard InChI is InChI=1S/C18H29ClO4S/c1-5-7-8-15(6-2)18(22-11-12-23-24(4,20)21)17-13-16(19)10-9-14(17)3/h9-10,13,15,18H,5-8,11-12H2,1-4H3/t15-,18+/m0/s1. The lowest BCUT2D eigenvalue weighted by atomic mass is 9.87. The molecule has 1 aromatic rings. The summed E-state index contributed by atoms with van der Waals surface area (Å²) in [4.78, 5) is 0. The van der Waals surface area contributed by atoms with Crippen LogP contribution in [0.5, 0.6) is 0 Å². The van der Waals surface area contributed by atoms with Crippen LogP contribution in [-0.2, 0) is 19.0 Å². The maximum Gasteiger partial charge on any atom is 0.264 e. The van der Waals surface area contributed by atoms with Gasteiger partial charge in [-0.3, -0.25) is 4.18 Å². The molecule has 0 aliphatic rings. The molecule has 138 valence electrons. The summed E-state index contributed by atoms with van der Waals surface area (Å²) < 4.78 is 33.0. The summed E-state index contributed by atoms with van der Waals surface area (Å²) in [5.41, 5.74) is 2.20. The fourth-order valence-corrected chi connectivity index (χ4v) is 3.35. The van der Waals surface area contributed by atoms with Crippen molar-refractivity contribution in [2.24, 2.45) is 5.92 Å². The number of hydrogen-bond donors (Lipinski definition) is 0. The van der Waals surface area contributed by atoms with Crippen LogP contribution >= 0.6 is 11.6 Å². The van der Waals surface area contributed by atoms with Crippen LogP contribution in [-0.4, -0.2) is 27.9 Å². The molecule has 1 aromatic carbocycles. The van der Waals surface area contributed by atoms with Gasteiger partial charge in [-0.2, -0.15) is 8.42 Å². The average Bonchev–Trinajstić information content (AvgIpc) is 2.51. The van der Waals surface area contributed by atoms with Gasteiger partial charge in [0.05, 0.1) is 25.6 Å². The minimum atomic E-state index is -3.44. The third-order valence-corrected chi connectivity index (χ3v) is 4.94. The molecule has 0 fully saturated rings. The van der Waals surface area contributed by atoms with Gasteiger partial charge in [0.2, 0.25) is 0 Å². The van der Waals surface area contributed by atoms with Crippen molar-refractivity contribution in [1.29, 1.82) is 0 Å². The maximum atomic E-state index is 11.1. The lowest BCUT2D eigenvalue weighted by Crippen LogP contribution is -2.20. The Labute approximate surface area is 151 Å². The van der Waals surface area contributed by atoms with Gasteiger partial charge in [0, 0.05) is 5.02 Å². The number of aryl methyl sites for hydroxylation is 1. The molecule has 0 bridgehead atoms. The van der Waals surface area contributed by atoms with Gasteiger partial charge in [0.1, 0.15) is 0 Å². The van der Waals surface area contributed by atoms with Gasteiger partial charge in [0.15, 0.2) is 0 Å². The molecule has 0 aliphatic heterocycles. The third-order valence-electron chi connectivity index (χ3n) is 4.11. The largest absolute Gasteiger partial charge is 0.371 e. The number of rotatable bonds is 11. The molecule has 0 aliphatic carbocycles. The summed E-state index contributed by atoms with van der Waals surface area (Å²) in [6, 6.07) is 5.82. The number of halogens is 1. The van der Waals surface area contributed by atoms with Crippen molar-refractivity contribution < 1.29 is 17.3 Å². The lowest BCUT2D eigenvalue weighted by Gasteiger charge is -2.28. The van der Waals surface area contributed by atoms with Crippen LogP contribution in [0.2, 0.25) is 5.02 Å². The van der Waals surface area contributed by atoms with Crippen LogP contribution in [0.1, 0.15) is 56.8 Å². The summed E-state index contributed by atoms with van der Waals surface area (Å²) in [6.45, 7) is 6.63. The molecule has 0 N–H and O–H groups in total. The van der Waals surface area contributed by atoms with E-state index >= 15 is 0 Å². The van der Waals surface area contributed by atoms with Crippen molar-refractivity contribution in [2.75, 3.05) is 19.5 Å². The Kier molecular flexibility index (Phi) is 9.27. The molecular weight excluding hydrogens is 348 g/mol. The summed E-state index contributed by atoms with van der Waals surface area (Å²) in [6.07, 6.45) is 5.26. The molecule has 0 radical (unpaired) electrons. The van der Waals surface area contributed by atoms with E-state index in [1.165, 1.54) is 0 Å². The molecule has 4 nitrogen and oxygen atoms in total. The predicted molar refractivity (Wildman–Crippen MR) is 99.0 cm³/mol. The normalized spacial score (nSPS) is 14.5. The molecule has 24 heavy (non-hydrogen) atoms. The number of ether oxygens (including phenoxy) is 1. The minimum Gasteiger partial charge on any atom is -0.371 e. The van der Waals surface area contributed by atoms with Crippen LogP contribution in [0.15, 0.2) is 18.2 Å². The third kappa shape index (κ3) is 7.51. The van der Waals surface area contributed by atoms with E-state index < -0.39 is 10.1 Å². The van der Waals surface area contributed by atoms with Gasteiger partial charge in [-0.25, -0.2) is 0 Å². The smallest absolute Gasteiger partial charge is 0.264 e. The highest BCUT2D eigenvalue weighted by molar-refractivity contribution is 7.85. The molecule has 0 aromatic heterocycles. The van der Waals surface area contributed by atoms with Gasteiger partial charge in [-0.05, 0) is 42.5 Å². The van der Waals surface area contributed by atoms with Crippen molar-refractivity contribution >= 4 is 21.7 Å². The van der Waals surface area contributed by atoms with Crippen molar-refractivity contribution in [3.05, 3.63) is 34.3 Å². The molecule has 0 saturated heterocycles. The van der Waals surface area contributed by atoms with Gasteiger partial charge < -0.3 is 4.74 Å². The Balaban J connectivity index is 2.91. The zero-order valence-electron chi connectivity index (χ0n) is 15.0. The van der Waals surface area contributed by atoms with E-state index in [2.05, 4.69) is 13.8 Å². The van der Waals surface area contributed by atoms with Gasteiger partial charge in [0.25, 0.3) is 10.1 Å². The summed E-state index contributed by atoms with van der Waals surface area (Å²) in [5, 5.41) is 0.682. The summed E-state index contributed by atoms with van der Waals surface area (Å²) in [7, 11) is -3.44. The van der Waals surface area contributed by atoms with Crippen molar-refractivity contribution in [3.63, 3.8) is 0 Å². The molecule has 6 heteroatoms. The number of benzene rings is 1. The van der Waals surface area contributed by atoms with Crippen molar-refractivity contribution in [1.82, 2.24) is 0 Å². The zero-order chi connectivity index (χ0) is 18.2. The molecule has 0 spiro atoms. The Bertz CT molecular complexity index is 601. The summed E-state index contributed by atoms with van der Waals surface area (Å²) in [5.74, 6) is 0.361. The van der Waals surface area contributed by atoms with E-state index in [0.717, 1.165) is 43.1 Å². The Morgan fingerprint density at radius 2 is 1.92 bits per heavy atom. The monoisotopic (exact) mass is 376 g/mol.